The quantitative estimate of drug-likeness (QED) is 0.742. The molecule has 0 bridgehead atoms. The number of pyridine rings is 1. The highest BCUT2D eigenvalue weighted by Gasteiger charge is 2.47. The van der Waals surface area contributed by atoms with Crippen molar-refractivity contribution >= 4 is 23.4 Å². The predicted octanol–water partition coefficient (Wildman–Crippen LogP) is 1.54. The van der Waals surface area contributed by atoms with Crippen molar-refractivity contribution < 1.29 is 9.59 Å². The van der Waals surface area contributed by atoms with E-state index >= 15 is 0 Å². The fourth-order valence-corrected chi connectivity index (χ4v) is 4.13. The van der Waals surface area contributed by atoms with E-state index in [4.69, 9.17) is 0 Å². The summed E-state index contributed by atoms with van der Waals surface area (Å²) in [4.78, 5) is 27.9. The van der Waals surface area contributed by atoms with Crippen LogP contribution in [0.1, 0.15) is 37.4 Å². The third kappa shape index (κ3) is 2.74. The van der Waals surface area contributed by atoms with Crippen LogP contribution in [0.3, 0.4) is 0 Å². The summed E-state index contributed by atoms with van der Waals surface area (Å²) in [5, 5.41) is 15.4. The van der Waals surface area contributed by atoms with Crippen molar-refractivity contribution in [2.45, 2.75) is 37.8 Å². The maximum Gasteiger partial charge on any atom is 0.235 e. The Labute approximate surface area is 161 Å². The second-order valence-corrected chi connectivity index (χ2v) is 7.44. The third-order valence-corrected chi connectivity index (χ3v) is 5.63. The summed E-state index contributed by atoms with van der Waals surface area (Å²) in [7, 11) is 1.85. The second kappa shape index (κ2) is 6.43. The molecule has 2 aliphatic rings. The molecule has 1 saturated carbocycles. The molecule has 3 aromatic rings. The van der Waals surface area contributed by atoms with Crippen LogP contribution in [0.4, 0.5) is 5.95 Å². The van der Waals surface area contributed by atoms with Crippen LogP contribution >= 0.6 is 0 Å². The minimum absolute atomic E-state index is 0.116. The zero-order valence-corrected chi connectivity index (χ0v) is 15.5. The number of nitrogens with zero attached hydrogens (tertiary/aromatic N) is 6. The molecule has 5 rings (SSSR count). The topological polar surface area (TPSA) is 97.4 Å². The number of nitrogens with one attached hydrogen (secondary N) is 1. The highest BCUT2D eigenvalue weighted by molar-refractivity contribution is 5.93. The van der Waals surface area contributed by atoms with Gasteiger partial charge in [-0.1, -0.05) is 6.07 Å². The molecule has 1 N–H and O–H groups in total. The van der Waals surface area contributed by atoms with Crippen LogP contribution in [-0.2, 0) is 16.6 Å². The Morgan fingerprint density at radius 1 is 1.18 bits per heavy atom. The lowest BCUT2D eigenvalue weighted by Gasteiger charge is -2.40. The smallest absolute Gasteiger partial charge is 0.235 e. The predicted molar refractivity (Wildman–Crippen MR) is 100 cm³/mol. The van der Waals surface area contributed by atoms with E-state index in [9.17, 15) is 9.59 Å². The highest BCUT2D eigenvalue weighted by atomic mass is 16.2. The van der Waals surface area contributed by atoms with Gasteiger partial charge in [0.15, 0.2) is 5.65 Å². The first-order valence-electron chi connectivity index (χ1n) is 9.53. The number of aryl methyl sites for hydroxylation is 1. The normalized spacial score (nSPS) is 22.6. The Kier molecular flexibility index (Phi) is 3.88. The second-order valence-electron chi connectivity index (χ2n) is 7.44. The number of hydrogen-bond acceptors (Lipinski definition) is 5. The highest BCUT2D eigenvalue weighted by Crippen LogP contribution is 2.43. The molecule has 9 nitrogen and oxygen atoms in total. The minimum Gasteiger partial charge on any atom is -0.330 e. The fourth-order valence-electron chi connectivity index (χ4n) is 4.13. The Morgan fingerprint density at radius 3 is 2.79 bits per heavy atom. The van der Waals surface area contributed by atoms with Crippen molar-refractivity contribution in [1.82, 2.24) is 29.3 Å². The van der Waals surface area contributed by atoms with Gasteiger partial charge in [-0.25, -0.2) is 0 Å². The molecule has 1 aliphatic carbocycles. The number of carbonyl (C=O) groups excluding carboxylic acids is 2. The Morgan fingerprint density at radius 2 is 2.04 bits per heavy atom. The van der Waals surface area contributed by atoms with E-state index in [0.717, 1.165) is 18.5 Å². The van der Waals surface area contributed by atoms with Crippen LogP contribution in [0.5, 0.6) is 0 Å². The van der Waals surface area contributed by atoms with Gasteiger partial charge in [0.1, 0.15) is 0 Å². The number of hydrogen-bond donors (Lipinski definition) is 1. The molecule has 28 heavy (non-hydrogen) atoms. The molecule has 0 radical (unpaired) electrons. The monoisotopic (exact) mass is 379 g/mol. The lowest BCUT2D eigenvalue weighted by Crippen LogP contribution is -2.48. The van der Waals surface area contributed by atoms with Crippen LogP contribution in [-0.4, -0.2) is 47.1 Å². The lowest BCUT2D eigenvalue weighted by molar-refractivity contribution is -0.143. The third-order valence-electron chi connectivity index (χ3n) is 5.63. The molecular formula is C19H21N7O2. The molecular weight excluding hydrogens is 358 g/mol. The zero-order valence-electron chi connectivity index (χ0n) is 15.5. The van der Waals surface area contributed by atoms with Crippen LogP contribution in [0.2, 0.25) is 0 Å². The van der Waals surface area contributed by atoms with Gasteiger partial charge in [0.25, 0.3) is 0 Å². The summed E-state index contributed by atoms with van der Waals surface area (Å²) >= 11 is 0. The van der Waals surface area contributed by atoms with Gasteiger partial charge in [-0.3, -0.25) is 24.0 Å². The van der Waals surface area contributed by atoms with Crippen LogP contribution in [0.15, 0.2) is 36.7 Å². The van der Waals surface area contributed by atoms with Crippen molar-refractivity contribution in [3.63, 3.8) is 0 Å². The van der Waals surface area contributed by atoms with Gasteiger partial charge in [0, 0.05) is 31.9 Å². The molecule has 2 atom stereocenters. The summed E-state index contributed by atoms with van der Waals surface area (Å²) in [6.45, 7) is 0. The molecule has 3 aromatic heterocycles. The van der Waals surface area contributed by atoms with Gasteiger partial charge in [-0.2, -0.15) is 5.10 Å². The molecule has 0 aromatic carbocycles. The number of amides is 2. The van der Waals surface area contributed by atoms with Gasteiger partial charge in [-0.05, 0) is 37.5 Å². The lowest BCUT2D eigenvalue weighted by atomic mass is 9.85. The summed E-state index contributed by atoms with van der Waals surface area (Å²) < 4.78 is 3.50. The number of carbonyl (C=O) groups is 2. The van der Waals surface area contributed by atoms with Crippen LogP contribution in [0.25, 0.3) is 5.65 Å². The SMILES string of the molecule is Cn1nccc1C1C(C(=O)Nc2nnc3ccccn23)CCC(=O)N1C1CC1. The molecule has 0 spiro atoms. The first-order valence-corrected chi connectivity index (χ1v) is 9.53. The molecule has 2 amide bonds. The summed E-state index contributed by atoms with van der Waals surface area (Å²) in [6, 6.07) is 7.35. The molecule has 1 saturated heterocycles. The number of aromatic nitrogens is 5. The number of anilines is 1. The summed E-state index contributed by atoms with van der Waals surface area (Å²) in [5.74, 6) is -0.0165. The van der Waals surface area contributed by atoms with Crippen LogP contribution < -0.4 is 5.32 Å². The van der Waals surface area contributed by atoms with E-state index in [2.05, 4.69) is 20.6 Å². The van der Waals surface area contributed by atoms with Gasteiger partial charge >= 0.3 is 0 Å². The molecule has 2 unspecified atom stereocenters. The van der Waals surface area contributed by atoms with E-state index in [1.165, 1.54) is 0 Å². The maximum absolute atomic E-state index is 13.3. The molecule has 2 fully saturated rings. The Hall–Kier alpha value is -3.23. The fraction of sp³-hybridized carbons (Fsp3) is 0.421. The Balaban J connectivity index is 1.48. The van der Waals surface area contributed by atoms with Crippen molar-refractivity contribution in [2.75, 3.05) is 5.32 Å². The van der Waals surface area contributed by atoms with Crippen LogP contribution in [0, 0.1) is 5.92 Å². The number of fused-ring (bicyclic) bond motifs is 1. The molecule has 4 heterocycles. The van der Waals surface area contributed by atoms with Crippen molar-refractivity contribution in [1.29, 1.82) is 0 Å². The standard InChI is InChI=1S/C19H21N7O2/c1-24-14(9-10-20-24)17-13(7-8-16(27)26(17)12-5-6-12)18(28)21-19-23-22-15-4-2-3-11-25(15)19/h2-4,9-13,17H,5-8H2,1H3,(H,21,23,28). The average molecular weight is 379 g/mol. The summed E-state index contributed by atoms with van der Waals surface area (Å²) in [5.41, 5.74) is 1.55. The van der Waals surface area contributed by atoms with Crippen molar-refractivity contribution in [3.8, 4) is 0 Å². The van der Waals surface area contributed by atoms with Gasteiger partial charge in [0.2, 0.25) is 17.8 Å². The molecule has 144 valence electrons. The molecule has 1 aliphatic heterocycles. The van der Waals surface area contributed by atoms with Gasteiger partial charge in [0.05, 0.1) is 17.7 Å². The number of rotatable bonds is 4. The summed E-state index contributed by atoms with van der Waals surface area (Å²) in [6.07, 6.45) is 6.38. The average Bonchev–Trinajstić information content (AvgIpc) is 3.32. The van der Waals surface area contributed by atoms with E-state index in [-0.39, 0.29) is 29.8 Å². The Bertz CT molecular complexity index is 1050. The van der Waals surface area contributed by atoms with Gasteiger partial charge in [-0.15, -0.1) is 10.2 Å². The van der Waals surface area contributed by atoms with E-state index in [1.807, 2.05) is 42.4 Å². The number of piperidine rings is 1. The van der Waals surface area contributed by atoms with E-state index < -0.39 is 0 Å². The van der Waals surface area contributed by atoms with E-state index in [1.54, 1.807) is 15.3 Å². The zero-order chi connectivity index (χ0) is 19.3. The largest absolute Gasteiger partial charge is 0.330 e. The van der Waals surface area contributed by atoms with Crippen molar-refractivity contribution in [2.24, 2.45) is 13.0 Å². The van der Waals surface area contributed by atoms with Crippen molar-refractivity contribution in [3.05, 3.63) is 42.4 Å². The first kappa shape index (κ1) is 16.9. The number of likely N-dealkylation sites (tertiary alicyclic amines) is 1. The first-order chi connectivity index (χ1) is 13.6. The van der Waals surface area contributed by atoms with Gasteiger partial charge < -0.3 is 4.90 Å². The molecule has 9 heteroatoms. The maximum atomic E-state index is 13.3. The van der Waals surface area contributed by atoms with E-state index in [0.29, 0.717) is 24.4 Å². The minimum atomic E-state index is -0.371.